The highest BCUT2D eigenvalue weighted by Crippen LogP contribution is 2.22. The summed E-state index contributed by atoms with van der Waals surface area (Å²) in [4.78, 5) is 9.73. The van der Waals surface area contributed by atoms with Crippen LogP contribution >= 0.6 is 11.6 Å². The van der Waals surface area contributed by atoms with Gasteiger partial charge in [0.05, 0.1) is 17.1 Å². The minimum Gasteiger partial charge on any atom is -0.330 e. The Bertz CT molecular complexity index is 690. The number of hydrogen-bond donors (Lipinski definition) is 1. The van der Waals surface area contributed by atoms with E-state index < -0.39 is 0 Å². The predicted octanol–water partition coefficient (Wildman–Crippen LogP) is 2.51. The van der Waals surface area contributed by atoms with Crippen molar-refractivity contribution in [1.82, 2.24) is 24.7 Å². The Hall–Kier alpha value is -1.14. The van der Waals surface area contributed by atoms with Gasteiger partial charge < -0.3 is 14.8 Å². The van der Waals surface area contributed by atoms with Crippen molar-refractivity contribution in [2.45, 2.75) is 25.9 Å². The summed E-state index contributed by atoms with van der Waals surface area (Å²) in [6, 6.07) is 6.60. The second kappa shape index (κ2) is 7.40. The molecule has 0 spiro atoms. The van der Waals surface area contributed by atoms with Crippen LogP contribution in [0.2, 0.25) is 5.02 Å². The standard InChI is InChI=1S/C18H28ClN5/c1-13(24-9-7-22(3)8-10-24)12-20-14(2)18-21-16-6-5-15(19)11-17(16)23(18)4/h5-6,11,13-14,20H,7-10,12H2,1-4H3. The normalized spacial score (nSPS) is 19.7. The van der Waals surface area contributed by atoms with Gasteiger partial charge >= 0.3 is 0 Å². The van der Waals surface area contributed by atoms with E-state index >= 15 is 0 Å². The Morgan fingerprint density at radius 2 is 1.88 bits per heavy atom. The Kier molecular flexibility index (Phi) is 5.45. The first-order valence-corrected chi connectivity index (χ1v) is 9.11. The minimum atomic E-state index is 0.205. The Morgan fingerprint density at radius 3 is 2.58 bits per heavy atom. The van der Waals surface area contributed by atoms with Crippen LogP contribution in [0, 0.1) is 0 Å². The summed E-state index contributed by atoms with van der Waals surface area (Å²) in [5.74, 6) is 1.05. The van der Waals surface area contributed by atoms with E-state index in [-0.39, 0.29) is 6.04 Å². The van der Waals surface area contributed by atoms with Gasteiger partial charge in [0.2, 0.25) is 0 Å². The number of benzene rings is 1. The Balaban J connectivity index is 1.62. The first kappa shape index (κ1) is 17.7. The molecule has 1 N–H and O–H groups in total. The van der Waals surface area contributed by atoms with E-state index in [0.29, 0.717) is 6.04 Å². The molecule has 0 amide bonds. The Labute approximate surface area is 149 Å². The number of aryl methyl sites for hydroxylation is 1. The number of hydrogen-bond acceptors (Lipinski definition) is 4. The largest absolute Gasteiger partial charge is 0.330 e. The molecule has 2 aromatic rings. The van der Waals surface area contributed by atoms with Crippen LogP contribution in [0.25, 0.3) is 11.0 Å². The van der Waals surface area contributed by atoms with Crippen molar-refractivity contribution in [2.24, 2.45) is 7.05 Å². The molecule has 1 saturated heterocycles. The minimum absolute atomic E-state index is 0.205. The van der Waals surface area contributed by atoms with Gasteiger partial charge in [-0.1, -0.05) is 11.6 Å². The van der Waals surface area contributed by atoms with Gasteiger partial charge in [0.25, 0.3) is 0 Å². The lowest BCUT2D eigenvalue weighted by molar-refractivity contribution is 0.116. The van der Waals surface area contributed by atoms with Gasteiger partial charge in [-0.25, -0.2) is 4.98 Å². The average molecular weight is 350 g/mol. The lowest BCUT2D eigenvalue weighted by atomic mass is 10.2. The van der Waals surface area contributed by atoms with Crippen LogP contribution in [0.4, 0.5) is 0 Å². The van der Waals surface area contributed by atoms with E-state index in [9.17, 15) is 0 Å². The van der Waals surface area contributed by atoms with Crippen LogP contribution < -0.4 is 5.32 Å². The predicted molar refractivity (Wildman–Crippen MR) is 101 cm³/mol. The summed E-state index contributed by atoms with van der Waals surface area (Å²) in [6.45, 7) is 10.1. The van der Waals surface area contributed by atoms with Gasteiger partial charge in [-0.3, -0.25) is 4.90 Å². The van der Waals surface area contributed by atoms with Crippen molar-refractivity contribution in [3.05, 3.63) is 29.0 Å². The van der Waals surface area contributed by atoms with E-state index in [1.54, 1.807) is 0 Å². The topological polar surface area (TPSA) is 36.3 Å². The molecule has 2 unspecified atom stereocenters. The fraction of sp³-hybridized carbons (Fsp3) is 0.611. The number of nitrogens with zero attached hydrogens (tertiary/aromatic N) is 4. The molecule has 1 aliphatic rings. The highest BCUT2D eigenvalue weighted by molar-refractivity contribution is 6.31. The molecule has 24 heavy (non-hydrogen) atoms. The van der Waals surface area contributed by atoms with Crippen LogP contribution in [0.3, 0.4) is 0 Å². The molecule has 1 aliphatic heterocycles. The summed E-state index contributed by atoms with van der Waals surface area (Å²) >= 11 is 6.11. The number of piperazine rings is 1. The number of rotatable bonds is 5. The van der Waals surface area contributed by atoms with Crippen molar-refractivity contribution in [1.29, 1.82) is 0 Å². The number of fused-ring (bicyclic) bond motifs is 1. The maximum atomic E-state index is 6.11. The van der Waals surface area contributed by atoms with Gasteiger partial charge in [-0.05, 0) is 39.1 Å². The molecule has 0 bridgehead atoms. The van der Waals surface area contributed by atoms with Crippen molar-refractivity contribution < 1.29 is 0 Å². The number of imidazole rings is 1. The molecule has 6 heteroatoms. The summed E-state index contributed by atoms with van der Waals surface area (Å²) in [5.41, 5.74) is 2.08. The molecule has 5 nitrogen and oxygen atoms in total. The first-order chi connectivity index (χ1) is 11.5. The van der Waals surface area contributed by atoms with E-state index in [1.807, 2.05) is 18.2 Å². The van der Waals surface area contributed by atoms with Crippen LogP contribution in [-0.4, -0.2) is 65.2 Å². The number of nitrogens with one attached hydrogen (secondary N) is 1. The zero-order valence-electron chi connectivity index (χ0n) is 15.1. The summed E-state index contributed by atoms with van der Waals surface area (Å²) in [7, 11) is 4.25. The second-order valence-electron chi connectivity index (χ2n) is 6.98. The molecule has 1 fully saturated rings. The zero-order chi connectivity index (χ0) is 17.3. The maximum absolute atomic E-state index is 6.11. The summed E-state index contributed by atoms with van der Waals surface area (Å²) in [5, 5.41) is 4.40. The lowest BCUT2D eigenvalue weighted by Gasteiger charge is -2.36. The maximum Gasteiger partial charge on any atom is 0.126 e. The third-order valence-electron chi connectivity index (χ3n) is 5.15. The van der Waals surface area contributed by atoms with Crippen molar-refractivity contribution in [3.63, 3.8) is 0 Å². The van der Waals surface area contributed by atoms with E-state index in [1.165, 1.54) is 0 Å². The van der Waals surface area contributed by atoms with Crippen LogP contribution in [-0.2, 0) is 7.05 Å². The molecule has 0 radical (unpaired) electrons. The molecule has 1 aromatic carbocycles. The van der Waals surface area contributed by atoms with Crippen LogP contribution in [0.5, 0.6) is 0 Å². The fourth-order valence-corrected chi connectivity index (χ4v) is 3.57. The lowest BCUT2D eigenvalue weighted by Crippen LogP contribution is -2.51. The number of halogens is 1. The van der Waals surface area contributed by atoms with Gasteiger partial charge in [0, 0.05) is 50.8 Å². The second-order valence-corrected chi connectivity index (χ2v) is 7.42. The van der Waals surface area contributed by atoms with Gasteiger partial charge in [-0.15, -0.1) is 0 Å². The summed E-state index contributed by atoms with van der Waals surface area (Å²) in [6.07, 6.45) is 0. The molecular formula is C18H28ClN5. The molecular weight excluding hydrogens is 322 g/mol. The van der Waals surface area contributed by atoms with Crippen molar-refractivity contribution >= 4 is 22.6 Å². The summed E-state index contributed by atoms with van der Waals surface area (Å²) < 4.78 is 2.14. The van der Waals surface area contributed by atoms with Crippen LogP contribution in [0.15, 0.2) is 18.2 Å². The molecule has 0 aliphatic carbocycles. The molecule has 2 heterocycles. The van der Waals surface area contributed by atoms with Crippen molar-refractivity contribution in [3.8, 4) is 0 Å². The van der Waals surface area contributed by atoms with Gasteiger partial charge in [-0.2, -0.15) is 0 Å². The third kappa shape index (κ3) is 3.75. The third-order valence-corrected chi connectivity index (χ3v) is 5.38. The molecule has 132 valence electrons. The van der Waals surface area contributed by atoms with E-state index in [2.05, 4.69) is 47.6 Å². The number of likely N-dealkylation sites (N-methyl/N-ethyl adjacent to an activating group) is 1. The molecule has 3 rings (SSSR count). The number of aromatic nitrogens is 2. The SMILES string of the molecule is CC(NCC(C)N1CCN(C)CC1)c1nc2ccc(Cl)cc2n1C. The monoisotopic (exact) mass is 349 g/mol. The van der Waals surface area contributed by atoms with Gasteiger partial charge in [0.15, 0.2) is 0 Å². The Morgan fingerprint density at radius 1 is 1.17 bits per heavy atom. The molecule has 0 saturated carbocycles. The van der Waals surface area contributed by atoms with E-state index in [0.717, 1.165) is 54.6 Å². The van der Waals surface area contributed by atoms with Crippen LogP contribution in [0.1, 0.15) is 25.7 Å². The van der Waals surface area contributed by atoms with E-state index in [4.69, 9.17) is 16.6 Å². The molecule has 1 aromatic heterocycles. The first-order valence-electron chi connectivity index (χ1n) is 8.73. The quantitative estimate of drug-likeness (QED) is 0.899. The zero-order valence-corrected chi connectivity index (χ0v) is 15.8. The highest BCUT2D eigenvalue weighted by Gasteiger charge is 2.20. The average Bonchev–Trinajstić information content (AvgIpc) is 2.89. The van der Waals surface area contributed by atoms with Gasteiger partial charge in [0.1, 0.15) is 5.82 Å². The molecule has 2 atom stereocenters. The fourth-order valence-electron chi connectivity index (χ4n) is 3.40. The van der Waals surface area contributed by atoms with Crippen molar-refractivity contribution in [2.75, 3.05) is 39.8 Å². The smallest absolute Gasteiger partial charge is 0.126 e. The highest BCUT2D eigenvalue weighted by atomic mass is 35.5.